The Labute approximate surface area is 196 Å². The van der Waals surface area contributed by atoms with Gasteiger partial charge in [-0.25, -0.2) is 0 Å². The molecule has 1 N–H and O–H groups in total. The van der Waals surface area contributed by atoms with E-state index in [-0.39, 0.29) is 0 Å². The van der Waals surface area contributed by atoms with E-state index in [1.165, 1.54) is 47.3 Å². The molecular weight excluding hydrogens is 444 g/mol. The molecular formula is C28H33BrN2. The van der Waals surface area contributed by atoms with Crippen molar-refractivity contribution in [3.8, 4) is 0 Å². The second kappa shape index (κ2) is 12.5. The highest BCUT2D eigenvalue weighted by Gasteiger charge is 2.12. The maximum Gasteiger partial charge on any atom is 0.0340 e. The molecule has 162 valence electrons. The third-order valence-corrected chi connectivity index (χ3v) is 6.46. The number of benzene rings is 3. The van der Waals surface area contributed by atoms with Crippen LogP contribution < -0.4 is 5.32 Å². The third kappa shape index (κ3) is 6.81. The van der Waals surface area contributed by atoms with Crippen molar-refractivity contribution in [3.63, 3.8) is 0 Å². The molecule has 0 aromatic heterocycles. The van der Waals surface area contributed by atoms with Crippen molar-refractivity contribution in [1.82, 2.24) is 4.90 Å². The summed E-state index contributed by atoms with van der Waals surface area (Å²) in [7, 11) is 0. The molecule has 2 nitrogen and oxygen atoms in total. The van der Waals surface area contributed by atoms with Crippen molar-refractivity contribution in [3.05, 3.63) is 102 Å². The Kier molecular flexibility index (Phi) is 9.39. The minimum absolute atomic E-state index is 1.01. The molecule has 3 aromatic carbocycles. The summed E-state index contributed by atoms with van der Waals surface area (Å²) in [5.41, 5.74) is 5.97. The van der Waals surface area contributed by atoms with Gasteiger partial charge in [0.15, 0.2) is 0 Å². The summed E-state index contributed by atoms with van der Waals surface area (Å²) in [5, 5.41) is 3.57. The van der Waals surface area contributed by atoms with Crippen LogP contribution in [-0.4, -0.2) is 31.1 Å². The van der Waals surface area contributed by atoms with Crippen LogP contribution in [0.3, 0.4) is 0 Å². The Balaban J connectivity index is 1.72. The average Bonchev–Trinajstić information content (AvgIpc) is 2.83. The molecule has 3 aromatic rings. The van der Waals surface area contributed by atoms with Gasteiger partial charge in [0.2, 0.25) is 0 Å². The molecule has 0 atom stereocenters. The molecule has 0 unspecified atom stereocenters. The number of anilines is 1. The lowest BCUT2D eigenvalue weighted by Crippen LogP contribution is -2.24. The topological polar surface area (TPSA) is 15.3 Å². The van der Waals surface area contributed by atoms with Gasteiger partial charge in [-0.1, -0.05) is 86.6 Å². The predicted molar refractivity (Wildman–Crippen MR) is 140 cm³/mol. The van der Waals surface area contributed by atoms with Crippen LogP contribution in [0.2, 0.25) is 0 Å². The molecule has 0 saturated heterocycles. The Morgan fingerprint density at radius 3 is 1.84 bits per heavy atom. The minimum Gasteiger partial charge on any atom is -0.385 e. The van der Waals surface area contributed by atoms with E-state index in [9.17, 15) is 0 Å². The van der Waals surface area contributed by atoms with E-state index < -0.39 is 0 Å². The van der Waals surface area contributed by atoms with Crippen LogP contribution >= 0.6 is 15.9 Å². The van der Waals surface area contributed by atoms with Crippen LogP contribution in [0, 0.1) is 0 Å². The van der Waals surface area contributed by atoms with Crippen LogP contribution in [0.15, 0.2) is 84.9 Å². The monoisotopic (exact) mass is 476 g/mol. The number of unbranched alkanes of at least 4 members (excludes halogenated alkanes) is 1. The average molecular weight is 477 g/mol. The van der Waals surface area contributed by atoms with Crippen LogP contribution in [0.4, 0.5) is 5.69 Å². The highest BCUT2D eigenvalue weighted by molar-refractivity contribution is 9.15. The number of rotatable bonds is 11. The van der Waals surface area contributed by atoms with Crippen LogP contribution in [0.1, 0.15) is 43.4 Å². The van der Waals surface area contributed by atoms with Gasteiger partial charge in [-0.3, -0.25) is 0 Å². The summed E-state index contributed by atoms with van der Waals surface area (Å²) in [6.07, 6.45) is 2.42. The van der Waals surface area contributed by atoms with Gasteiger partial charge in [0, 0.05) is 22.3 Å². The maximum atomic E-state index is 3.89. The van der Waals surface area contributed by atoms with E-state index in [1.54, 1.807) is 0 Å². The van der Waals surface area contributed by atoms with Gasteiger partial charge in [0.05, 0.1) is 0 Å². The van der Waals surface area contributed by atoms with Gasteiger partial charge < -0.3 is 10.2 Å². The number of hydrogen-bond acceptors (Lipinski definition) is 2. The molecule has 0 spiro atoms. The minimum atomic E-state index is 1.01. The van der Waals surface area contributed by atoms with Crippen molar-refractivity contribution >= 4 is 31.7 Å². The Morgan fingerprint density at radius 2 is 1.26 bits per heavy atom. The normalized spacial score (nSPS) is 12.0. The van der Waals surface area contributed by atoms with Gasteiger partial charge in [-0.15, -0.1) is 0 Å². The number of nitrogens with one attached hydrogen (secondary N) is 1. The van der Waals surface area contributed by atoms with Crippen molar-refractivity contribution in [2.24, 2.45) is 0 Å². The van der Waals surface area contributed by atoms with Crippen molar-refractivity contribution in [2.75, 3.05) is 31.5 Å². The molecule has 0 amide bonds. The van der Waals surface area contributed by atoms with Gasteiger partial charge in [-0.05, 0) is 77.2 Å². The standard InChI is InChI=1S/C28H33BrN2/c1-3-31(4-2)22-12-11-21-30-26-19-17-24(18-20-26)27(23-13-7-5-8-14-23)28(29)25-15-9-6-10-16-25/h5-10,13-20,30H,3-4,11-12,21-22H2,1-2H3. The first kappa shape index (κ1) is 23.3. The fourth-order valence-electron chi connectivity index (χ4n) is 3.74. The number of hydrogen-bond donors (Lipinski definition) is 1. The largest absolute Gasteiger partial charge is 0.385 e. The van der Waals surface area contributed by atoms with E-state index in [0.717, 1.165) is 24.1 Å². The van der Waals surface area contributed by atoms with Crippen LogP contribution in [0.5, 0.6) is 0 Å². The highest BCUT2D eigenvalue weighted by atomic mass is 79.9. The first-order chi connectivity index (χ1) is 15.2. The summed E-state index contributed by atoms with van der Waals surface area (Å²) in [6, 6.07) is 29.9. The first-order valence-electron chi connectivity index (χ1n) is 11.3. The zero-order chi connectivity index (χ0) is 21.9. The van der Waals surface area contributed by atoms with Crippen molar-refractivity contribution in [1.29, 1.82) is 0 Å². The molecule has 0 fully saturated rings. The van der Waals surface area contributed by atoms with Gasteiger partial charge in [0.25, 0.3) is 0 Å². The molecule has 0 aliphatic heterocycles. The second-order valence-electron chi connectivity index (χ2n) is 7.66. The number of nitrogens with zero attached hydrogens (tertiary/aromatic N) is 1. The third-order valence-electron chi connectivity index (χ3n) is 5.61. The molecule has 0 saturated carbocycles. The highest BCUT2D eigenvalue weighted by Crippen LogP contribution is 2.36. The zero-order valence-corrected chi connectivity index (χ0v) is 20.2. The molecule has 31 heavy (non-hydrogen) atoms. The van der Waals surface area contributed by atoms with Crippen LogP contribution in [-0.2, 0) is 0 Å². The molecule has 0 radical (unpaired) electrons. The molecule has 0 bridgehead atoms. The quantitative estimate of drug-likeness (QED) is 0.227. The van der Waals surface area contributed by atoms with E-state index >= 15 is 0 Å². The summed E-state index contributed by atoms with van der Waals surface area (Å²) < 4.78 is 1.11. The van der Waals surface area contributed by atoms with Crippen molar-refractivity contribution in [2.45, 2.75) is 26.7 Å². The SMILES string of the molecule is CCN(CC)CCCCNc1ccc(C(=C(Br)c2ccccc2)c2ccccc2)cc1. The molecule has 0 heterocycles. The summed E-state index contributed by atoms with van der Waals surface area (Å²) in [5.74, 6) is 0. The molecule has 0 aliphatic carbocycles. The Hall–Kier alpha value is -2.36. The summed E-state index contributed by atoms with van der Waals surface area (Å²) in [4.78, 5) is 2.48. The van der Waals surface area contributed by atoms with Gasteiger partial charge >= 0.3 is 0 Å². The first-order valence-corrected chi connectivity index (χ1v) is 12.1. The summed E-state index contributed by atoms with van der Waals surface area (Å²) >= 11 is 3.89. The molecule has 0 aliphatic rings. The fraction of sp³-hybridized carbons (Fsp3) is 0.286. The maximum absolute atomic E-state index is 3.89. The van der Waals surface area contributed by atoms with Crippen molar-refractivity contribution < 1.29 is 0 Å². The Bertz CT molecular complexity index is 930. The lowest BCUT2D eigenvalue weighted by Gasteiger charge is -2.17. The summed E-state index contributed by atoms with van der Waals surface area (Å²) in [6.45, 7) is 8.94. The van der Waals surface area contributed by atoms with E-state index in [0.29, 0.717) is 0 Å². The molecule has 3 heteroatoms. The zero-order valence-electron chi connectivity index (χ0n) is 18.7. The van der Waals surface area contributed by atoms with E-state index in [4.69, 9.17) is 0 Å². The Morgan fingerprint density at radius 1 is 0.710 bits per heavy atom. The fourth-order valence-corrected chi connectivity index (χ4v) is 4.46. The molecule has 3 rings (SSSR count). The van der Waals surface area contributed by atoms with Gasteiger partial charge in [-0.2, -0.15) is 0 Å². The smallest absolute Gasteiger partial charge is 0.0340 e. The number of halogens is 1. The second-order valence-corrected chi connectivity index (χ2v) is 8.45. The lowest BCUT2D eigenvalue weighted by atomic mass is 9.95. The van der Waals surface area contributed by atoms with Crippen LogP contribution in [0.25, 0.3) is 10.1 Å². The van der Waals surface area contributed by atoms with E-state index in [2.05, 4.69) is 125 Å². The predicted octanol–water partition coefficient (Wildman–Crippen LogP) is 7.53. The van der Waals surface area contributed by atoms with Gasteiger partial charge in [0.1, 0.15) is 0 Å². The van der Waals surface area contributed by atoms with E-state index in [1.807, 2.05) is 0 Å². The lowest BCUT2D eigenvalue weighted by molar-refractivity contribution is 0.298.